The Labute approximate surface area is 115 Å². The zero-order valence-electron chi connectivity index (χ0n) is 11.2. The Hall–Kier alpha value is -2.64. The van der Waals surface area contributed by atoms with Gasteiger partial charge in [0.05, 0.1) is 17.0 Å². The highest BCUT2D eigenvalue weighted by atomic mass is 16.6. The lowest BCUT2D eigenvalue weighted by molar-refractivity contribution is -0.384. The van der Waals surface area contributed by atoms with Gasteiger partial charge in [-0.1, -0.05) is 0 Å². The van der Waals surface area contributed by atoms with Crippen molar-refractivity contribution >= 4 is 23.2 Å². The van der Waals surface area contributed by atoms with Crippen LogP contribution in [0.3, 0.4) is 0 Å². The minimum Gasteiger partial charge on any atom is -0.385 e. The van der Waals surface area contributed by atoms with E-state index >= 15 is 0 Å². The molecule has 20 heavy (non-hydrogen) atoms. The summed E-state index contributed by atoms with van der Waals surface area (Å²) in [6, 6.07) is 3.96. The zero-order valence-corrected chi connectivity index (χ0v) is 11.2. The van der Waals surface area contributed by atoms with Gasteiger partial charge in [0.2, 0.25) is 5.91 Å². The van der Waals surface area contributed by atoms with Gasteiger partial charge < -0.3 is 16.0 Å². The molecule has 0 unspecified atom stereocenters. The van der Waals surface area contributed by atoms with E-state index in [9.17, 15) is 19.7 Å². The second kappa shape index (κ2) is 7.07. The quantitative estimate of drug-likeness (QED) is 0.519. The number of benzene rings is 1. The summed E-state index contributed by atoms with van der Waals surface area (Å²) < 4.78 is 0. The highest BCUT2D eigenvalue weighted by Gasteiger charge is 2.16. The Morgan fingerprint density at radius 1 is 1.35 bits per heavy atom. The molecule has 8 heteroatoms. The van der Waals surface area contributed by atoms with Crippen LogP contribution in [0.5, 0.6) is 0 Å². The number of carbonyl (C=O) groups is 2. The maximum Gasteiger partial charge on any atom is 0.270 e. The van der Waals surface area contributed by atoms with Crippen molar-refractivity contribution in [3.8, 4) is 0 Å². The number of nitro groups is 1. The summed E-state index contributed by atoms with van der Waals surface area (Å²) in [5, 5.41) is 18.5. The van der Waals surface area contributed by atoms with E-state index < -0.39 is 10.8 Å². The number of nitrogens with zero attached hydrogens (tertiary/aromatic N) is 1. The molecule has 8 nitrogen and oxygen atoms in total. The number of non-ortho nitro benzene ring substituents is 1. The molecule has 3 N–H and O–H groups in total. The highest BCUT2D eigenvalue weighted by molar-refractivity contribution is 6.01. The third kappa shape index (κ3) is 3.94. The first-order valence-electron chi connectivity index (χ1n) is 6.00. The van der Waals surface area contributed by atoms with Crippen molar-refractivity contribution in [3.05, 3.63) is 33.9 Å². The molecule has 0 fully saturated rings. The lowest BCUT2D eigenvalue weighted by Gasteiger charge is -2.10. The monoisotopic (exact) mass is 280 g/mol. The molecule has 0 saturated carbocycles. The van der Waals surface area contributed by atoms with E-state index in [1.54, 1.807) is 0 Å². The fraction of sp³-hybridized carbons (Fsp3) is 0.333. The molecular formula is C12H16N4O4. The van der Waals surface area contributed by atoms with Crippen molar-refractivity contribution in [1.82, 2.24) is 10.6 Å². The van der Waals surface area contributed by atoms with Crippen molar-refractivity contribution in [3.63, 3.8) is 0 Å². The van der Waals surface area contributed by atoms with E-state index in [2.05, 4.69) is 16.0 Å². The van der Waals surface area contributed by atoms with Crippen LogP contribution in [-0.4, -0.2) is 36.9 Å². The van der Waals surface area contributed by atoms with Crippen molar-refractivity contribution < 1.29 is 14.5 Å². The Morgan fingerprint density at radius 3 is 2.60 bits per heavy atom. The van der Waals surface area contributed by atoms with Crippen molar-refractivity contribution in [1.29, 1.82) is 0 Å². The minimum atomic E-state index is -0.578. The first-order valence-corrected chi connectivity index (χ1v) is 6.00. The van der Waals surface area contributed by atoms with E-state index in [1.165, 1.54) is 25.2 Å². The third-order valence-corrected chi connectivity index (χ3v) is 2.51. The van der Waals surface area contributed by atoms with E-state index in [-0.39, 0.29) is 23.7 Å². The largest absolute Gasteiger partial charge is 0.385 e. The van der Waals surface area contributed by atoms with Gasteiger partial charge >= 0.3 is 0 Å². The molecule has 1 rings (SSSR count). The fourth-order valence-electron chi connectivity index (χ4n) is 1.52. The smallest absolute Gasteiger partial charge is 0.270 e. The Morgan fingerprint density at radius 2 is 2.05 bits per heavy atom. The van der Waals surface area contributed by atoms with Crippen LogP contribution in [0, 0.1) is 10.1 Å². The second-order valence-corrected chi connectivity index (χ2v) is 3.87. The molecule has 0 aliphatic rings. The van der Waals surface area contributed by atoms with Crippen molar-refractivity contribution in [2.75, 3.05) is 25.5 Å². The first kappa shape index (κ1) is 15.4. The Bertz CT molecular complexity index is 530. The second-order valence-electron chi connectivity index (χ2n) is 3.87. The van der Waals surface area contributed by atoms with Gasteiger partial charge in [-0.3, -0.25) is 19.7 Å². The summed E-state index contributed by atoms with van der Waals surface area (Å²) in [7, 11) is 1.45. The number of nitro benzene ring substituents is 1. The van der Waals surface area contributed by atoms with Crippen LogP contribution in [0.4, 0.5) is 11.4 Å². The van der Waals surface area contributed by atoms with Crippen LogP contribution >= 0.6 is 0 Å². The number of carbonyl (C=O) groups excluding carboxylic acids is 2. The Balaban J connectivity index is 2.99. The number of hydrogen-bond acceptors (Lipinski definition) is 5. The number of anilines is 1. The summed E-state index contributed by atoms with van der Waals surface area (Å²) in [6.07, 6.45) is 0. The predicted octanol–water partition coefficient (Wildman–Crippen LogP) is 0.502. The average Bonchev–Trinajstić information content (AvgIpc) is 2.44. The van der Waals surface area contributed by atoms with Crippen LogP contribution in [0.15, 0.2) is 18.2 Å². The van der Waals surface area contributed by atoms with Crippen LogP contribution < -0.4 is 16.0 Å². The van der Waals surface area contributed by atoms with Crippen molar-refractivity contribution in [2.45, 2.75) is 6.92 Å². The Kier molecular flexibility index (Phi) is 5.45. The molecule has 1 aromatic carbocycles. The molecule has 1 aromatic rings. The van der Waals surface area contributed by atoms with Crippen LogP contribution in [-0.2, 0) is 4.79 Å². The SMILES string of the molecule is CCNc1ccc([N+](=O)[O-])cc1C(=O)NCC(=O)NC. The van der Waals surface area contributed by atoms with E-state index in [1.807, 2.05) is 6.92 Å². The normalized spacial score (nSPS) is 9.70. The van der Waals surface area contributed by atoms with Gasteiger partial charge in [0.25, 0.3) is 11.6 Å². The number of nitrogens with one attached hydrogen (secondary N) is 3. The third-order valence-electron chi connectivity index (χ3n) is 2.51. The van der Waals surface area contributed by atoms with Crippen molar-refractivity contribution in [2.24, 2.45) is 0 Å². The lowest BCUT2D eigenvalue weighted by Crippen LogP contribution is -2.35. The van der Waals surface area contributed by atoms with Crippen LogP contribution in [0.2, 0.25) is 0 Å². The standard InChI is InChI=1S/C12H16N4O4/c1-3-14-10-5-4-8(16(19)20)6-9(10)12(18)15-7-11(17)13-2/h4-6,14H,3,7H2,1-2H3,(H,13,17)(H,15,18). The average molecular weight is 280 g/mol. The molecular weight excluding hydrogens is 264 g/mol. The van der Waals surface area contributed by atoms with Gasteiger partial charge in [0.1, 0.15) is 0 Å². The zero-order chi connectivity index (χ0) is 15.1. The van der Waals surface area contributed by atoms with E-state index in [0.29, 0.717) is 12.2 Å². The maximum atomic E-state index is 12.0. The molecule has 0 radical (unpaired) electrons. The summed E-state index contributed by atoms with van der Waals surface area (Å²) in [6.45, 7) is 2.21. The molecule has 0 bridgehead atoms. The molecule has 0 atom stereocenters. The molecule has 0 spiro atoms. The van der Waals surface area contributed by atoms with Gasteiger partial charge in [-0.25, -0.2) is 0 Å². The molecule has 0 heterocycles. The summed E-state index contributed by atoms with van der Waals surface area (Å²) in [5.74, 6) is -0.901. The van der Waals surface area contributed by atoms with Crippen LogP contribution in [0.25, 0.3) is 0 Å². The van der Waals surface area contributed by atoms with Gasteiger partial charge in [-0.15, -0.1) is 0 Å². The summed E-state index contributed by atoms with van der Waals surface area (Å²) in [5.41, 5.74) is 0.425. The van der Waals surface area contributed by atoms with Gasteiger partial charge in [-0.05, 0) is 13.0 Å². The number of rotatable bonds is 6. The molecule has 0 aliphatic heterocycles. The van der Waals surface area contributed by atoms with E-state index in [0.717, 1.165) is 0 Å². The van der Waals surface area contributed by atoms with Gasteiger partial charge in [0, 0.05) is 31.4 Å². The number of likely N-dealkylation sites (N-methyl/N-ethyl adjacent to an activating group) is 1. The fourth-order valence-corrected chi connectivity index (χ4v) is 1.52. The summed E-state index contributed by atoms with van der Waals surface area (Å²) in [4.78, 5) is 33.2. The highest BCUT2D eigenvalue weighted by Crippen LogP contribution is 2.22. The molecule has 0 saturated heterocycles. The topological polar surface area (TPSA) is 113 Å². The van der Waals surface area contributed by atoms with Gasteiger partial charge in [0.15, 0.2) is 0 Å². The predicted molar refractivity (Wildman–Crippen MR) is 73.7 cm³/mol. The molecule has 2 amide bonds. The van der Waals surface area contributed by atoms with E-state index in [4.69, 9.17) is 0 Å². The first-order chi connectivity index (χ1) is 9.49. The summed E-state index contributed by atoms with van der Waals surface area (Å²) >= 11 is 0. The maximum absolute atomic E-state index is 12.0. The molecule has 0 aliphatic carbocycles. The molecule has 0 aromatic heterocycles. The molecule has 108 valence electrons. The lowest BCUT2D eigenvalue weighted by atomic mass is 10.1. The van der Waals surface area contributed by atoms with Gasteiger partial charge in [-0.2, -0.15) is 0 Å². The number of amides is 2. The number of hydrogen-bond donors (Lipinski definition) is 3. The minimum absolute atomic E-state index is 0.130. The van der Waals surface area contributed by atoms with Crippen LogP contribution in [0.1, 0.15) is 17.3 Å².